The van der Waals surface area contributed by atoms with Crippen LogP contribution in [-0.4, -0.2) is 15.9 Å². The minimum atomic E-state index is -0.520. The molecule has 1 unspecified atom stereocenters. The van der Waals surface area contributed by atoms with Crippen LogP contribution in [0.15, 0.2) is 16.9 Å². The van der Waals surface area contributed by atoms with Crippen molar-refractivity contribution < 1.29 is 9.90 Å². The first-order valence-corrected chi connectivity index (χ1v) is 5.98. The number of H-pyrrole nitrogens is 1. The molecule has 0 aliphatic heterocycles. The number of hydrogen-bond donors (Lipinski definition) is 2. The lowest BCUT2D eigenvalue weighted by Gasteiger charge is -2.11. The summed E-state index contributed by atoms with van der Waals surface area (Å²) in [7, 11) is 0. The van der Waals surface area contributed by atoms with Crippen molar-refractivity contribution in [3.63, 3.8) is 0 Å². The van der Waals surface area contributed by atoms with Gasteiger partial charge in [-0.05, 0) is 27.2 Å². The Morgan fingerprint density at radius 3 is 2.61 bits per heavy atom. The Kier molecular flexibility index (Phi) is 4.48. The van der Waals surface area contributed by atoms with Crippen LogP contribution in [0.25, 0.3) is 0 Å². The molecule has 1 heterocycles. The molecule has 18 heavy (non-hydrogen) atoms. The maximum absolute atomic E-state index is 12.1. The number of Topliss-reactive ketones (excluding diaryl/α,β-unsaturated/α-hetero) is 1. The zero-order valence-corrected chi connectivity index (χ0v) is 11.2. The average molecular weight is 249 g/mol. The van der Waals surface area contributed by atoms with E-state index in [-0.39, 0.29) is 23.0 Å². The Labute approximate surface area is 106 Å². The largest absolute Gasteiger partial charge is 0.507 e. The van der Waals surface area contributed by atoms with Crippen molar-refractivity contribution in [3.8, 4) is 5.75 Å². The van der Waals surface area contributed by atoms with E-state index in [9.17, 15) is 14.7 Å². The topological polar surface area (TPSA) is 70.2 Å². The van der Waals surface area contributed by atoms with Crippen molar-refractivity contribution >= 4 is 5.78 Å². The van der Waals surface area contributed by atoms with Gasteiger partial charge in [-0.1, -0.05) is 19.1 Å². The monoisotopic (exact) mass is 249 g/mol. The molecule has 98 valence electrons. The molecule has 1 atom stereocenters. The molecule has 1 aromatic heterocycles. The highest BCUT2D eigenvalue weighted by Gasteiger charge is 2.23. The van der Waals surface area contributed by atoms with Crippen molar-refractivity contribution in [3.05, 3.63) is 39.3 Å². The lowest BCUT2D eigenvalue weighted by Crippen LogP contribution is -2.23. The zero-order valence-electron chi connectivity index (χ0n) is 11.2. The molecule has 2 N–H and O–H groups in total. The molecule has 1 aromatic rings. The molecule has 4 heteroatoms. The SMILES string of the molecule is C/C=C/CC(C)C(=O)c1c(O)c(C)c(C)[nH]c1=O. The predicted molar refractivity (Wildman–Crippen MR) is 71.1 cm³/mol. The summed E-state index contributed by atoms with van der Waals surface area (Å²) in [6.07, 6.45) is 4.28. The van der Waals surface area contributed by atoms with Crippen LogP contribution in [0.1, 0.15) is 41.9 Å². The molecule has 0 saturated heterocycles. The van der Waals surface area contributed by atoms with E-state index in [4.69, 9.17) is 0 Å². The van der Waals surface area contributed by atoms with E-state index in [0.717, 1.165) is 0 Å². The Balaban J connectivity index is 3.22. The standard InChI is InChI=1S/C14H19NO3/c1-5-6-7-8(2)12(16)11-13(17)9(3)10(4)15-14(11)18/h5-6,8H,7H2,1-4H3,(H2,15,17,18)/b6-5+. The second-order valence-electron chi connectivity index (χ2n) is 4.50. The third-order valence-corrected chi connectivity index (χ3v) is 3.10. The van der Waals surface area contributed by atoms with Gasteiger partial charge in [-0.25, -0.2) is 0 Å². The number of carbonyl (C=O) groups excluding carboxylic acids is 1. The van der Waals surface area contributed by atoms with E-state index in [1.165, 1.54) is 0 Å². The molecule has 1 rings (SSSR count). The highest BCUT2D eigenvalue weighted by molar-refractivity contribution is 6.00. The molecule has 0 radical (unpaired) electrons. The molecule has 0 bridgehead atoms. The summed E-state index contributed by atoms with van der Waals surface area (Å²) in [5, 5.41) is 9.95. The van der Waals surface area contributed by atoms with E-state index in [0.29, 0.717) is 17.7 Å². The number of aromatic hydroxyl groups is 1. The van der Waals surface area contributed by atoms with E-state index in [2.05, 4.69) is 4.98 Å². The van der Waals surface area contributed by atoms with Crippen LogP contribution < -0.4 is 5.56 Å². The van der Waals surface area contributed by atoms with Crippen molar-refractivity contribution in [2.24, 2.45) is 5.92 Å². The van der Waals surface area contributed by atoms with Gasteiger partial charge >= 0.3 is 0 Å². The van der Waals surface area contributed by atoms with Crippen LogP contribution in [0.4, 0.5) is 0 Å². The summed E-state index contributed by atoms with van der Waals surface area (Å²) in [6, 6.07) is 0. The van der Waals surface area contributed by atoms with E-state index in [1.54, 1.807) is 20.8 Å². The number of rotatable bonds is 4. The molecule has 0 saturated carbocycles. The zero-order chi connectivity index (χ0) is 13.9. The molecule has 4 nitrogen and oxygen atoms in total. The fourth-order valence-electron chi connectivity index (χ4n) is 1.72. The van der Waals surface area contributed by atoms with Gasteiger partial charge in [0.15, 0.2) is 5.78 Å². The third-order valence-electron chi connectivity index (χ3n) is 3.10. The van der Waals surface area contributed by atoms with E-state index >= 15 is 0 Å². The second kappa shape index (κ2) is 5.67. The first-order chi connectivity index (χ1) is 8.40. The van der Waals surface area contributed by atoms with Crippen molar-refractivity contribution in [1.82, 2.24) is 4.98 Å². The Bertz CT molecular complexity index is 541. The maximum Gasteiger partial charge on any atom is 0.262 e. The van der Waals surface area contributed by atoms with Gasteiger partial charge in [-0.15, -0.1) is 0 Å². The predicted octanol–water partition coefficient (Wildman–Crippen LogP) is 2.48. The van der Waals surface area contributed by atoms with Gasteiger partial charge < -0.3 is 10.1 Å². The molecule has 0 aromatic carbocycles. The molecule has 0 aliphatic carbocycles. The molecule has 0 spiro atoms. The van der Waals surface area contributed by atoms with Gasteiger partial charge in [0.2, 0.25) is 0 Å². The number of pyridine rings is 1. The van der Waals surface area contributed by atoms with Crippen LogP contribution >= 0.6 is 0 Å². The van der Waals surface area contributed by atoms with Crippen LogP contribution in [0.3, 0.4) is 0 Å². The van der Waals surface area contributed by atoms with Gasteiger partial charge in [0.25, 0.3) is 5.56 Å². The fraction of sp³-hybridized carbons (Fsp3) is 0.429. The van der Waals surface area contributed by atoms with Crippen LogP contribution in [0.2, 0.25) is 0 Å². The summed E-state index contributed by atoms with van der Waals surface area (Å²) >= 11 is 0. The summed E-state index contributed by atoms with van der Waals surface area (Å²) in [6.45, 7) is 6.98. The Morgan fingerprint density at radius 1 is 1.44 bits per heavy atom. The summed E-state index contributed by atoms with van der Waals surface area (Å²) in [4.78, 5) is 26.5. The van der Waals surface area contributed by atoms with Gasteiger partial charge in [0.05, 0.1) is 0 Å². The molecule has 0 aliphatic rings. The van der Waals surface area contributed by atoms with Gasteiger partial charge in [-0.3, -0.25) is 9.59 Å². The lowest BCUT2D eigenvalue weighted by atomic mass is 9.95. The van der Waals surface area contributed by atoms with Gasteiger partial charge in [-0.2, -0.15) is 0 Å². The quantitative estimate of drug-likeness (QED) is 0.636. The second-order valence-corrected chi connectivity index (χ2v) is 4.50. The fourth-order valence-corrected chi connectivity index (χ4v) is 1.72. The van der Waals surface area contributed by atoms with Gasteiger partial charge in [0.1, 0.15) is 11.3 Å². The summed E-state index contributed by atoms with van der Waals surface area (Å²) in [5.41, 5.74) is 0.467. The lowest BCUT2D eigenvalue weighted by molar-refractivity contribution is 0.0926. The smallest absolute Gasteiger partial charge is 0.262 e. The minimum Gasteiger partial charge on any atom is -0.507 e. The molecular formula is C14H19NO3. The molecular weight excluding hydrogens is 230 g/mol. The maximum atomic E-state index is 12.1. The number of hydrogen-bond acceptors (Lipinski definition) is 3. The van der Waals surface area contributed by atoms with Crippen LogP contribution in [0.5, 0.6) is 5.75 Å². The van der Waals surface area contributed by atoms with E-state index in [1.807, 2.05) is 19.1 Å². The number of aromatic amines is 1. The van der Waals surface area contributed by atoms with Crippen LogP contribution in [-0.2, 0) is 0 Å². The number of carbonyl (C=O) groups is 1. The van der Waals surface area contributed by atoms with Crippen molar-refractivity contribution in [2.75, 3.05) is 0 Å². The number of allylic oxidation sites excluding steroid dienone is 2. The Hall–Kier alpha value is -1.84. The highest BCUT2D eigenvalue weighted by atomic mass is 16.3. The molecule has 0 amide bonds. The number of aromatic nitrogens is 1. The number of nitrogens with one attached hydrogen (secondary N) is 1. The van der Waals surface area contributed by atoms with Crippen LogP contribution in [0, 0.1) is 19.8 Å². The first kappa shape index (κ1) is 14.2. The van der Waals surface area contributed by atoms with Gasteiger partial charge in [0, 0.05) is 17.2 Å². The number of aryl methyl sites for hydroxylation is 1. The minimum absolute atomic E-state index is 0.130. The van der Waals surface area contributed by atoms with E-state index < -0.39 is 5.56 Å². The van der Waals surface area contributed by atoms with Crippen molar-refractivity contribution in [1.29, 1.82) is 0 Å². The summed E-state index contributed by atoms with van der Waals surface area (Å²) in [5.74, 6) is -0.848. The first-order valence-electron chi connectivity index (χ1n) is 5.98. The Morgan fingerprint density at radius 2 is 2.06 bits per heavy atom. The highest BCUT2D eigenvalue weighted by Crippen LogP contribution is 2.23. The average Bonchev–Trinajstić information content (AvgIpc) is 2.33. The summed E-state index contributed by atoms with van der Waals surface area (Å²) < 4.78 is 0. The number of ketones is 1. The normalized spacial score (nSPS) is 12.9. The molecule has 0 fully saturated rings. The third kappa shape index (κ3) is 2.70. The van der Waals surface area contributed by atoms with Crippen molar-refractivity contribution in [2.45, 2.75) is 34.1 Å².